The first-order chi connectivity index (χ1) is 15.4. The van der Waals surface area contributed by atoms with Crippen LogP contribution in [0.1, 0.15) is 49.9 Å². The standard InChI is InChI=1S/C30H24BN/c1-29(2)19-10-7-11-20-25(19)31-26-21(29)12-8-14-24(26)32-23-13-6-5-9-17(23)18-15-16-22(30(20,3)4)27(31)28(18)32/h5-16H,1-4H3. The van der Waals surface area contributed by atoms with Gasteiger partial charge >= 0.3 is 0 Å². The van der Waals surface area contributed by atoms with Crippen LogP contribution in [-0.4, -0.2) is 11.3 Å². The molecule has 32 heavy (non-hydrogen) atoms. The Morgan fingerprint density at radius 3 is 1.94 bits per heavy atom. The fourth-order valence-electron chi connectivity index (χ4n) is 7.46. The van der Waals surface area contributed by atoms with Crippen molar-refractivity contribution < 1.29 is 0 Å². The molecule has 0 unspecified atom stereocenters. The van der Waals surface area contributed by atoms with E-state index in [9.17, 15) is 0 Å². The average molecular weight is 409 g/mol. The van der Waals surface area contributed by atoms with Crippen LogP contribution in [0.4, 0.5) is 0 Å². The minimum absolute atomic E-state index is 0.0187. The molecule has 0 saturated heterocycles. The van der Waals surface area contributed by atoms with Crippen LogP contribution in [0.3, 0.4) is 0 Å². The lowest BCUT2D eigenvalue weighted by atomic mass is 9.26. The van der Waals surface area contributed by atoms with Gasteiger partial charge in [-0.05, 0) is 45.3 Å². The summed E-state index contributed by atoms with van der Waals surface area (Å²) in [4.78, 5) is 0. The molecule has 4 heterocycles. The maximum absolute atomic E-state index is 2.57. The molecule has 152 valence electrons. The first-order valence-corrected chi connectivity index (χ1v) is 11.8. The lowest BCUT2D eigenvalue weighted by Crippen LogP contribution is -2.68. The van der Waals surface area contributed by atoms with E-state index in [1.165, 1.54) is 55.2 Å². The lowest BCUT2D eigenvalue weighted by Gasteiger charge is -2.48. The first-order valence-electron chi connectivity index (χ1n) is 11.8. The summed E-state index contributed by atoms with van der Waals surface area (Å²) in [6, 6.07) is 27.8. The maximum atomic E-state index is 2.57. The van der Waals surface area contributed by atoms with Crippen LogP contribution in [-0.2, 0) is 10.8 Å². The third kappa shape index (κ3) is 1.62. The highest BCUT2D eigenvalue weighted by Gasteiger charge is 2.51. The molecule has 2 heteroatoms. The lowest BCUT2D eigenvalue weighted by molar-refractivity contribution is 0.621. The summed E-state index contributed by atoms with van der Waals surface area (Å²) in [5.41, 5.74) is 14.7. The topological polar surface area (TPSA) is 4.93 Å². The Hall–Kier alpha value is -3.26. The molecular formula is C30H24BN. The van der Waals surface area contributed by atoms with Crippen LogP contribution in [0, 0.1) is 0 Å². The summed E-state index contributed by atoms with van der Waals surface area (Å²) in [6.07, 6.45) is 0. The molecule has 0 N–H and O–H groups in total. The van der Waals surface area contributed by atoms with Crippen LogP contribution < -0.4 is 16.4 Å². The molecule has 0 fully saturated rings. The number of hydrogen-bond donors (Lipinski definition) is 0. The zero-order valence-corrected chi connectivity index (χ0v) is 19.0. The molecular weight excluding hydrogens is 385 g/mol. The fourth-order valence-corrected chi connectivity index (χ4v) is 7.46. The predicted octanol–water partition coefficient (Wildman–Crippen LogP) is 4.89. The highest BCUT2D eigenvalue weighted by molar-refractivity contribution is 7.00. The Kier molecular flexibility index (Phi) is 2.73. The van der Waals surface area contributed by atoms with Crippen molar-refractivity contribution in [2.24, 2.45) is 0 Å². The van der Waals surface area contributed by atoms with Crippen molar-refractivity contribution in [3.05, 3.63) is 95.1 Å². The highest BCUT2D eigenvalue weighted by Crippen LogP contribution is 2.45. The Morgan fingerprint density at radius 1 is 0.562 bits per heavy atom. The predicted molar refractivity (Wildman–Crippen MR) is 136 cm³/mol. The van der Waals surface area contributed by atoms with Gasteiger partial charge in [0.1, 0.15) is 0 Å². The van der Waals surface area contributed by atoms with E-state index >= 15 is 0 Å². The van der Waals surface area contributed by atoms with Crippen LogP contribution in [0.15, 0.2) is 72.8 Å². The molecule has 3 aliphatic heterocycles. The Labute approximate surface area is 188 Å². The molecule has 0 radical (unpaired) electrons. The molecule has 0 bridgehead atoms. The Morgan fingerprint density at radius 2 is 1.19 bits per heavy atom. The van der Waals surface area contributed by atoms with Crippen LogP contribution in [0.25, 0.3) is 27.5 Å². The van der Waals surface area contributed by atoms with E-state index in [4.69, 9.17) is 0 Å². The van der Waals surface area contributed by atoms with E-state index in [2.05, 4.69) is 105 Å². The number of benzene rings is 4. The second kappa shape index (κ2) is 5.04. The summed E-state index contributed by atoms with van der Waals surface area (Å²) in [5, 5.41) is 2.75. The third-order valence-electron chi connectivity index (χ3n) is 8.87. The van der Waals surface area contributed by atoms with E-state index < -0.39 is 0 Å². The van der Waals surface area contributed by atoms with Gasteiger partial charge in [-0.2, -0.15) is 0 Å². The van der Waals surface area contributed by atoms with Gasteiger partial charge in [0.05, 0.1) is 5.52 Å². The summed E-state index contributed by atoms with van der Waals surface area (Å²) in [7, 11) is 0. The van der Waals surface area contributed by atoms with E-state index in [0.717, 1.165) is 0 Å². The molecule has 0 aliphatic carbocycles. The minimum Gasteiger partial charge on any atom is -0.310 e. The second-order valence-corrected chi connectivity index (χ2v) is 11.0. The summed E-state index contributed by atoms with van der Waals surface area (Å²) < 4.78 is 2.57. The molecule has 0 atom stereocenters. The zero-order chi connectivity index (χ0) is 21.6. The number of nitrogens with zero attached hydrogens (tertiary/aromatic N) is 1. The maximum Gasteiger partial charge on any atom is 0.248 e. The number of para-hydroxylation sites is 1. The normalized spacial score (nSPS) is 17.8. The molecule has 5 aromatic rings. The smallest absolute Gasteiger partial charge is 0.248 e. The number of aromatic nitrogens is 1. The summed E-state index contributed by atoms with van der Waals surface area (Å²) in [6.45, 7) is 10.0. The van der Waals surface area contributed by atoms with E-state index in [-0.39, 0.29) is 10.8 Å². The number of fused-ring (bicyclic) bond motifs is 4. The van der Waals surface area contributed by atoms with E-state index in [1.54, 1.807) is 10.9 Å². The van der Waals surface area contributed by atoms with Crippen molar-refractivity contribution in [1.82, 2.24) is 4.57 Å². The van der Waals surface area contributed by atoms with Crippen molar-refractivity contribution in [2.75, 3.05) is 0 Å². The monoisotopic (exact) mass is 409 g/mol. The van der Waals surface area contributed by atoms with Crippen LogP contribution >= 0.6 is 0 Å². The molecule has 4 aromatic carbocycles. The van der Waals surface area contributed by atoms with Crippen molar-refractivity contribution >= 4 is 44.9 Å². The SMILES string of the molecule is CC1(C)c2cccc3c2B2c4c1cccc4C(C)(C)c1ccc4c5ccccc5n-3c4c12. The van der Waals surface area contributed by atoms with Gasteiger partial charge in [0.25, 0.3) is 0 Å². The van der Waals surface area contributed by atoms with Gasteiger partial charge in [-0.3, -0.25) is 0 Å². The van der Waals surface area contributed by atoms with Gasteiger partial charge in [0.15, 0.2) is 0 Å². The third-order valence-corrected chi connectivity index (χ3v) is 8.87. The van der Waals surface area contributed by atoms with Gasteiger partial charge < -0.3 is 4.57 Å². The number of hydrogen-bond acceptors (Lipinski definition) is 0. The van der Waals surface area contributed by atoms with Crippen LogP contribution in [0.2, 0.25) is 0 Å². The van der Waals surface area contributed by atoms with Gasteiger partial charge in [0, 0.05) is 32.8 Å². The van der Waals surface area contributed by atoms with Gasteiger partial charge in [-0.25, -0.2) is 0 Å². The van der Waals surface area contributed by atoms with Crippen molar-refractivity contribution in [2.45, 2.75) is 38.5 Å². The highest BCUT2D eigenvalue weighted by atomic mass is 15.0. The average Bonchev–Trinajstić information content (AvgIpc) is 3.13. The zero-order valence-electron chi connectivity index (χ0n) is 19.0. The minimum atomic E-state index is -0.0213. The molecule has 0 amide bonds. The Balaban J connectivity index is 1.73. The molecule has 0 saturated carbocycles. The van der Waals surface area contributed by atoms with Gasteiger partial charge in [-0.15, -0.1) is 0 Å². The van der Waals surface area contributed by atoms with E-state index in [0.29, 0.717) is 6.71 Å². The van der Waals surface area contributed by atoms with Crippen molar-refractivity contribution in [3.63, 3.8) is 0 Å². The number of rotatable bonds is 0. The van der Waals surface area contributed by atoms with Gasteiger partial charge in [0.2, 0.25) is 6.71 Å². The second-order valence-electron chi connectivity index (χ2n) is 11.0. The van der Waals surface area contributed by atoms with Crippen molar-refractivity contribution in [3.8, 4) is 5.69 Å². The van der Waals surface area contributed by atoms with Crippen molar-refractivity contribution in [1.29, 1.82) is 0 Å². The summed E-state index contributed by atoms with van der Waals surface area (Å²) >= 11 is 0. The largest absolute Gasteiger partial charge is 0.310 e. The Bertz CT molecular complexity index is 1670. The van der Waals surface area contributed by atoms with Gasteiger partial charge in [-0.1, -0.05) is 93.8 Å². The summed E-state index contributed by atoms with van der Waals surface area (Å²) in [5.74, 6) is 0. The molecule has 1 nitrogen and oxygen atoms in total. The first kappa shape index (κ1) is 17.3. The fraction of sp³-hybridized carbons (Fsp3) is 0.200. The van der Waals surface area contributed by atoms with Crippen LogP contribution in [0.5, 0.6) is 0 Å². The molecule has 8 rings (SSSR count). The molecule has 3 aliphatic rings. The van der Waals surface area contributed by atoms with E-state index in [1.807, 2.05) is 0 Å². The molecule has 1 aromatic heterocycles. The molecule has 0 spiro atoms. The quantitative estimate of drug-likeness (QED) is 0.315.